The summed E-state index contributed by atoms with van der Waals surface area (Å²) in [5.41, 5.74) is 0.959. The molecule has 0 amide bonds. The summed E-state index contributed by atoms with van der Waals surface area (Å²) in [6.45, 7) is 1.13. The molecule has 4 atom stereocenters. The maximum absolute atomic E-state index is 9.26. The van der Waals surface area contributed by atoms with Crippen molar-refractivity contribution in [3.63, 3.8) is 0 Å². The molecule has 0 radical (unpaired) electrons. The lowest BCUT2D eigenvalue weighted by atomic mass is 10.1. The molecule has 0 aromatic heterocycles. The van der Waals surface area contributed by atoms with Crippen LogP contribution >= 0.6 is 0 Å². The molecule has 0 fully saturated rings. The molecule has 0 aliphatic carbocycles. The summed E-state index contributed by atoms with van der Waals surface area (Å²) in [7, 11) is 0. The number of hydrogen-bond donors (Lipinski definition) is 6. The third-order valence-electron chi connectivity index (χ3n) is 3.32. The van der Waals surface area contributed by atoms with Crippen molar-refractivity contribution < 1.29 is 35.4 Å². The SMILES string of the molecule is CCC[C@@H](O)[C@H](O)CO.OC[C@@H](O)[C@@H](CO)OCc1ccccc1. The molecule has 140 valence electrons. The molecule has 0 spiro atoms. The van der Waals surface area contributed by atoms with Crippen molar-refractivity contribution >= 4 is 0 Å². The minimum Gasteiger partial charge on any atom is -0.394 e. The smallest absolute Gasteiger partial charge is 0.109 e. The Labute approximate surface area is 142 Å². The van der Waals surface area contributed by atoms with Gasteiger partial charge in [0.05, 0.1) is 32.5 Å². The number of ether oxygens (including phenoxy) is 1. The first-order valence-corrected chi connectivity index (χ1v) is 8.02. The Morgan fingerprint density at radius 2 is 1.42 bits per heavy atom. The van der Waals surface area contributed by atoms with Crippen molar-refractivity contribution in [1.82, 2.24) is 0 Å². The largest absolute Gasteiger partial charge is 0.394 e. The van der Waals surface area contributed by atoms with E-state index < -0.39 is 31.0 Å². The fourth-order valence-electron chi connectivity index (χ4n) is 1.79. The Hall–Kier alpha value is -1.06. The number of benzene rings is 1. The van der Waals surface area contributed by atoms with Gasteiger partial charge >= 0.3 is 0 Å². The van der Waals surface area contributed by atoms with Gasteiger partial charge in [-0.1, -0.05) is 43.7 Å². The van der Waals surface area contributed by atoms with E-state index in [-0.39, 0.29) is 13.2 Å². The zero-order valence-corrected chi connectivity index (χ0v) is 14.0. The van der Waals surface area contributed by atoms with E-state index in [1.54, 1.807) is 0 Å². The van der Waals surface area contributed by atoms with Crippen LogP contribution in [0.25, 0.3) is 0 Å². The van der Waals surface area contributed by atoms with E-state index >= 15 is 0 Å². The molecule has 7 nitrogen and oxygen atoms in total. The Balaban J connectivity index is 0.000000506. The van der Waals surface area contributed by atoms with Gasteiger partial charge in [-0.15, -0.1) is 0 Å². The molecule has 6 N–H and O–H groups in total. The maximum Gasteiger partial charge on any atom is 0.109 e. The Morgan fingerprint density at radius 1 is 0.833 bits per heavy atom. The highest BCUT2D eigenvalue weighted by atomic mass is 16.5. The molecule has 24 heavy (non-hydrogen) atoms. The number of aliphatic hydroxyl groups excluding tert-OH is 6. The first kappa shape index (κ1) is 22.9. The van der Waals surface area contributed by atoms with Crippen LogP contribution in [0.2, 0.25) is 0 Å². The fraction of sp³-hybridized carbons (Fsp3) is 0.647. The summed E-state index contributed by atoms with van der Waals surface area (Å²) in [5.74, 6) is 0. The molecule has 1 rings (SSSR count). The first-order chi connectivity index (χ1) is 11.5. The van der Waals surface area contributed by atoms with Crippen molar-refractivity contribution in [2.24, 2.45) is 0 Å². The Bertz CT molecular complexity index is 388. The highest BCUT2D eigenvalue weighted by Gasteiger charge is 2.17. The topological polar surface area (TPSA) is 131 Å². The van der Waals surface area contributed by atoms with Crippen LogP contribution in [0.4, 0.5) is 0 Å². The highest BCUT2D eigenvalue weighted by Crippen LogP contribution is 2.06. The normalized spacial score (nSPS) is 15.8. The standard InChI is InChI=1S/C11H16O4.C6H14O3/c12-6-10(14)11(7-13)15-8-9-4-2-1-3-5-9;1-2-3-5(8)6(9)4-7/h1-5,10-14H,6-8H2;5-9H,2-4H2,1H3/t10-,11-;5-,6-/m11/s1. The van der Waals surface area contributed by atoms with E-state index in [0.29, 0.717) is 13.0 Å². The van der Waals surface area contributed by atoms with Gasteiger partial charge in [-0.05, 0) is 12.0 Å². The molecule has 1 aromatic carbocycles. The molecule has 0 aliphatic rings. The van der Waals surface area contributed by atoms with Crippen LogP contribution in [0.3, 0.4) is 0 Å². The number of rotatable bonds is 10. The van der Waals surface area contributed by atoms with Gasteiger partial charge < -0.3 is 35.4 Å². The highest BCUT2D eigenvalue weighted by molar-refractivity contribution is 5.13. The van der Waals surface area contributed by atoms with Crippen molar-refractivity contribution in [1.29, 1.82) is 0 Å². The molecular weight excluding hydrogens is 316 g/mol. The zero-order valence-electron chi connectivity index (χ0n) is 14.0. The molecular formula is C17H30O7. The van der Waals surface area contributed by atoms with Gasteiger partial charge in [-0.25, -0.2) is 0 Å². The van der Waals surface area contributed by atoms with E-state index in [2.05, 4.69) is 0 Å². The van der Waals surface area contributed by atoms with E-state index in [0.717, 1.165) is 12.0 Å². The molecule has 0 bridgehead atoms. The fourth-order valence-corrected chi connectivity index (χ4v) is 1.79. The van der Waals surface area contributed by atoms with E-state index in [1.807, 2.05) is 37.3 Å². The van der Waals surface area contributed by atoms with Gasteiger partial charge in [0.1, 0.15) is 18.3 Å². The third kappa shape index (κ3) is 9.94. The Morgan fingerprint density at radius 3 is 1.88 bits per heavy atom. The number of aliphatic hydroxyl groups is 6. The minimum absolute atomic E-state index is 0.309. The van der Waals surface area contributed by atoms with Crippen LogP contribution in [-0.2, 0) is 11.3 Å². The minimum atomic E-state index is -1.04. The first-order valence-electron chi connectivity index (χ1n) is 8.02. The predicted molar refractivity (Wildman–Crippen MR) is 89.2 cm³/mol. The van der Waals surface area contributed by atoms with Crippen molar-refractivity contribution in [3.05, 3.63) is 35.9 Å². The average molecular weight is 346 g/mol. The molecule has 1 aromatic rings. The average Bonchev–Trinajstić information content (AvgIpc) is 2.62. The van der Waals surface area contributed by atoms with Gasteiger partial charge in [0.25, 0.3) is 0 Å². The van der Waals surface area contributed by atoms with Crippen LogP contribution in [0.1, 0.15) is 25.3 Å². The van der Waals surface area contributed by atoms with E-state index in [4.69, 9.17) is 30.3 Å². The summed E-state index contributed by atoms with van der Waals surface area (Å²) >= 11 is 0. The molecule has 0 saturated carbocycles. The van der Waals surface area contributed by atoms with Crippen molar-refractivity contribution in [3.8, 4) is 0 Å². The second-order valence-corrected chi connectivity index (χ2v) is 5.37. The molecule has 0 aliphatic heterocycles. The molecule has 0 unspecified atom stereocenters. The molecule has 0 heterocycles. The number of hydrogen-bond acceptors (Lipinski definition) is 7. The quantitative estimate of drug-likeness (QED) is 0.334. The summed E-state index contributed by atoms with van der Waals surface area (Å²) in [6.07, 6.45) is -2.15. The lowest BCUT2D eigenvalue weighted by Gasteiger charge is -2.19. The lowest BCUT2D eigenvalue weighted by Crippen LogP contribution is -2.34. The van der Waals surface area contributed by atoms with Crippen LogP contribution in [0.15, 0.2) is 30.3 Å². The summed E-state index contributed by atoms with van der Waals surface area (Å²) in [6, 6.07) is 9.44. The Kier molecular flexibility index (Phi) is 13.7. The van der Waals surface area contributed by atoms with E-state index in [1.165, 1.54) is 0 Å². The molecule has 0 saturated heterocycles. The van der Waals surface area contributed by atoms with Gasteiger partial charge in [-0.3, -0.25) is 0 Å². The van der Waals surface area contributed by atoms with Crippen LogP contribution in [0, 0.1) is 0 Å². The van der Waals surface area contributed by atoms with Gasteiger partial charge in [0, 0.05) is 0 Å². The molecule has 7 heteroatoms. The zero-order chi connectivity index (χ0) is 18.4. The van der Waals surface area contributed by atoms with Crippen LogP contribution in [0.5, 0.6) is 0 Å². The lowest BCUT2D eigenvalue weighted by molar-refractivity contribution is -0.0860. The van der Waals surface area contributed by atoms with E-state index in [9.17, 15) is 5.11 Å². The predicted octanol–water partition coefficient (Wildman–Crippen LogP) is -0.582. The maximum atomic E-state index is 9.26. The third-order valence-corrected chi connectivity index (χ3v) is 3.32. The van der Waals surface area contributed by atoms with Crippen molar-refractivity contribution in [2.75, 3.05) is 19.8 Å². The van der Waals surface area contributed by atoms with Gasteiger partial charge in [-0.2, -0.15) is 0 Å². The summed E-state index contributed by atoms with van der Waals surface area (Å²) in [5, 5.41) is 52.8. The second kappa shape index (κ2) is 14.3. The van der Waals surface area contributed by atoms with Crippen molar-refractivity contribution in [2.45, 2.75) is 50.8 Å². The monoisotopic (exact) mass is 346 g/mol. The summed E-state index contributed by atoms with van der Waals surface area (Å²) < 4.78 is 5.27. The van der Waals surface area contributed by atoms with Crippen LogP contribution < -0.4 is 0 Å². The second-order valence-electron chi connectivity index (χ2n) is 5.37. The van der Waals surface area contributed by atoms with Gasteiger partial charge in [0.2, 0.25) is 0 Å². The van der Waals surface area contributed by atoms with Crippen LogP contribution in [-0.4, -0.2) is 74.9 Å². The summed E-state index contributed by atoms with van der Waals surface area (Å²) in [4.78, 5) is 0. The van der Waals surface area contributed by atoms with Gasteiger partial charge in [0.15, 0.2) is 0 Å².